The normalized spacial score (nSPS) is 10.8. The lowest BCUT2D eigenvalue weighted by molar-refractivity contribution is 0.0507. The second kappa shape index (κ2) is 8.51. The highest BCUT2D eigenvalue weighted by Crippen LogP contribution is 2.34. The number of ketones is 1. The first-order valence-corrected chi connectivity index (χ1v) is 9.75. The van der Waals surface area contributed by atoms with Crippen molar-refractivity contribution in [1.82, 2.24) is 4.98 Å². The molecule has 0 spiro atoms. The van der Waals surface area contributed by atoms with Crippen LogP contribution in [0.3, 0.4) is 0 Å². The van der Waals surface area contributed by atoms with Gasteiger partial charge in [-0.2, -0.15) is 0 Å². The molecule has 0 atom stereocenters. The fourth-order valence-electron chi connectivity index (χ4n) is 2.96. The molecule has 0 aliphatic rings. The number of nitrogens with one attached hydrogen (secondary N) is 1. The quantitative estimate of drug-likeness (QED) is 0.279. The number of rotatable bonds is 7. The molecular formula is C23H18BrNO4. The van der Waals surface area contributed by atoms with Gasteiger partial charge in [-0.15, -0.1) is 0 Å². The molecular weight excluding hydrogens is 434 g/mol. The predicted octanol–water partition coefficient (Wildman–Crippen LogP) is 5.94. The zero-order valence-electron chi connectivity index (χ0n) is 15.6. The number of carbonyl (C=O) groups is 1. The van der Waals surface area contributed by atoms with Crippen LogP contribution in [-0.2, 0) is 4.74 Å². The molecule has 1 aromatic heterocycles. The predicted molar refractivity (Wildman–Crippen MR) is 115 cm³/mol. The number of carbonyl (C=O) groups excluding carboxylic acids is 1. The lowest BCUT2D eigenvalue weighted by atomic mass is 10.1. The van der Waals surface area contributed by atoms with E-state index in [0.717, 1.165) is 21.1 Å². The highest BCUT2D eigenvalue weighted by molar-refractivity contribution is 9.10. The Morgan fingerprint density at radius 2 is 1.69 bits per heavy atom. The molecule has 6 heteroatoms. The van der Waals surface area contributed by atoms with Gasteiger partial charge in [0.25, 0.3) is 0 Å². The Hall–Kier alpha value is -3.09. The van der Waals surface area contributed by atoms with Crippen LogP contribution >= 0.6 is 15.9 Å². The summed E-state index contributed by atoms with van der Waals surface area (Å²) < 4.78 is 17.0. The van der Waals surface area contributed by atoms with Gasteiger partial charge in [-0.1, -0.05) is 18.2 Å². The number of hydrogen-bond acceptors (Lipinski definition) is 4. The Bertz CT molecular complexity index is 1140. The van der Waals surface area contributed by atoms with Crippen LogP contribution in [0.2, 0.25) is 0 Å². The fraction of sp³-hybridized carbons (Fsp3) is 0.0870. The van der Waals surface area contributed by atoms with E-state index in [4.69, 9.17) is 14.2 Å². The maximum absolute atomic E-state index is 12.9. The summed E-state index contributed by atoms with van der Waals surface area (Å²) in [4.78, 5) is 16.1. The standard InChI is InChI=1S/C23H18BrNO4/c1-27-14-28-21-12-11-19-18(22(21)24)13-20(25-19)23(26)15-7-9-17(10-8-15)29-16-5-3-2-4-6-16/h2-13,25H,14H2,1H3. The minimum absolute atomic E-state index is 0.0984. The van der Waals surface area contributed by atoms with Gasteiger partial charge in [0.1, 0.15) is 17.2 Å². The first-order chi connectivity index (χ1) is 14.2. The molecule has 4 aromatic rings. The molecule has 5 nitrogen and oxygen atoms in total. The SMILES string of the molecule is COCOc1ccc2[nH]c(C(=O)c3ccc(Oc4ccccc4)cc3)cc2c1Br. The summed E-state index contributed by atoms with van der Waals surface area (Å²) in [6, 6.07) is 22.1. The van der Waals surface area contributed by atoms with Crippen molar-refractivity contribution in [3.63, 3.8) is 0 Å². The Morgan fingerprint density at radius 1 is 0.966 bits per heavy atom. The average Bonchev–Trinajstić information content (AvgIpc) is 3.19. The van der Waals surface area contributed by atoms with Crippen LogP contribution in [0.4, 0.5) is 0 Å². The molecule has 4 rings (SSSR count). The molecule has 0 saturated carbocycles. The van der Waals surface area contributed by atoms with E-state index < -0.39 is 0 Å². The number of H-pyrrole nitrogens is 1. The van der Waals surface area contributed by atoms with E-state index in [0.29, 0.717) is 22.8 Å². The zero-order chi connectivity index (χ0) is 20.2. The molecule has 3 aromatic carbocycles. The average molecular weight is 452 g/mol. The van der Waals surface area contributed by atoms with Crippen LogP contribution in [0.15, 0.2) is 77.3 Å². The second-order valence-corrected chi connectivity index (χ2v) is 7.13. The third-order valence-corrected chi connectivity index (χ3v) is 5.19. The van der Waals surface area contributed by atoms with E-state index in [2.05, 4.69) is 20.9 Å². The van der Waals surface area contributed by atoms with Crippen LogP contribution in [0.25, 0.3) is 10.9 Å². The van der Waals surface area contributed by atoms with Gasteiger partial charge in [0.2, 0.25) is 5.78 Å². The van der Waals surface area contributed by atoms with E-state index in [1.165, 1.54) is 0 Å². The number of aromatic nitrogens is 1. The Labute approximate surface area is 176 Å². The summed E-state index contributed by atoms with van der Waals surface area (Å²) in [5, 5.41) is 0.867. The highest BCUT2D eigenvalue weighted by Gasteiger charge is 2.15. The van der Waals surface area contributed by atoms with Crippen molar-refractivity contribution >= 4 is 32.6 Å². The largest absolute Gasteiger partial charge is 0.466 e. The molecule has 0 aliphatic heterocycles. The lowest BCUT2D eigenvalue weighted by Gasteiger charge is -2.07. The number of hydrogen-bond donors (Lipinski definition) is 1. The number of aromatic amines is 1. The van der Waals surface area contributed by atoms with E-state index >= 15 is 0 Å². The van der Waals surface area contributed by atoms with Crippen molar-refractivity contribution < 1.29 is 19.0 Å². The van der Waals surface area contributed by atoms with Crippen LogP contribution in [-0.4, -0.2) is 24.7 Å². The molecule has 0 unspecified atom stereocenters. The van der Waals surface area contributed by atoms with Crippen molar-refractivity contribution in [2.75, 3.05) is 13.9 Å². The first kappa shape index (κ1) is 19.2. The van der Waals surface area contributed by atoms with E-state index in [1.807, 2.05) is 48.5 Å². The molecule has 0 radical (unpaired) electrons. The van der Waals surface area contributed by atoms with Gasteiger partial charge in [-0.3, -0.25) is 4.79 Å². The van der Waals surface area contributed by atoms with Gasteiger partial charge in [0.05, 0.1) is 10.2 Å². The fourth-order valence-corrected chi connectivity index (χ4v) is 3.53. The van der Waals surface area contributed by atoms with Crippen molar-refractivity contribution in [2.24, 2.45) is 0 Å². The third kappa shape index (κ3) is 4.18. The van der Waals surface area contributed by atoms with Crippen molar-refractivity contribution in [3.8, 4) is 17.2 Å². The van der Waals surface area contributed by atoms with E-state index in [-0.39, 0.29) is 12.6 Å². The molecule has 146 valence electrons. The Morgan fingerprint density at radius 3 is 2.41 bits per heavy atom. The number of methoxy groups -OCH3 is 1. The minimum atomic E-state index is -0.0984. The molecule has 0 bridgehead atoms. The van der Waals surface area contributed by atoms with Crippen molar-refractivity contribution in [1.29, 1.82) is 0 Å². The highest BCUT2D eigenvalue weighted by atomic mass is 79.9. The van der Waals surface area contributed by atoms with Gasteiger partial charge >= 0.3 is 0 Å². The molecule has 0 saturated heterocycles. The number of fused-ring (bicyclic) bond motifs is 1. The second-order valence-electron chi connectivity index (χ2n) is 6.34. The molecule has 0 amide bonds. The maximum Gasteiger partial charge on any atom is 0.209 e. The molecule has 0 fully saturated rings. The van der Waals surface area contributed by atoms with Gasteiger partial charge < -0.3 is 19.2 Å². The van der Waals surface area contributed by atoms with Gasteiger partial charge in [0.15, 0.2) is 6.79 Å². The summed E-state index contributed by atoms with van der Waals surface area (Å²) >= 11 is 3.54. The first-order valence-electron chi connectivity index (χ1n) is 8.96. The van der Waals surface area contributed by atoms with E-state index in [9.17, 15) is 4.79 Å². The van der Waals surface area contributed by atoms with Crippen LogP contribution in [0, 0.1) is 0 Å². The number of ether oxygens (including phenoxy) is 3. The summed E-state index contributed by atoms with van der Waals surface area (Å²) in [7, 11) is 1.57. The van der Waals surface area contributed by atoms with Crippen molar-refractivity contribution in [2.45, 2.75) is 0 Å². The topological polar surface area (TPSA) is 60.5 Å². The van der Waals surface area contributed by atoms with Gasteiger partial charge in [-0.05, 0) is 70.5 Å². The molecule has 1 heterocycles. The van der Waals surface area contributed by atoms with Crippen LogP contribution in [0.5, 0.6) is 17.2 Å². The number of benzene rings is 3. The van der Waals surface area contributed by atoms with Gasteiger partial charge in [-0.25, -0.2) is 0 Å². The number of para-hydroxylation sites is 1. The lowest BCUT2D eigenvalue weighted by Crippen LogP contribution is -2.01. The maximum atomic E-state index is 12.9. The number of halogens is 1. The third-order valence-electron chi connectivity index (χ3n) is 4.37. The van der Waals surface area contributed by atoms with Crippen molar-refractivity contribution in [3.05, 3.63) is 88.5 Å². The molecule has 29 heavy (non-hydrogen) atoms. The minimum Gasteiger partial charge on any atom is -0.466 e. The molecule has 0 aliphatic carbocycles. The van der Waals surface area contributed by atoms with Crippen LogP contribution in [0.1, 0.15) is 16.1 Å². The zero-order valence-corrected chi connectivity index (χ0v) is 17.2. The summed E-state index contributed by atoms with van der Waals surface area (Å²) in [6.07, 6.45) is 0. The van der Waals surface area contributed by atoms with Crippen LogP contribution < -0.4 is 9.47 Å². The van der Waals surface area contributed by atoms with Gasteiger partial charge in [0, 0.05) is 23.6 Å². The molecule has 1 N–H and O–H groups in total. The summed E-state index contributed by atoms with van der Waals surface area (Å²) in [5.41, 5.74) is 1.92. The Kier molecular flexibility index (Phi) is 5.64. The smallest absolute Gasteiger partial charge is 0.209 e. The summed E-state index contributed by atoms with van der Waals surface area (Å²) in [6.45, 7) is 0.151. The Balaban J connectivity index is 1.56. The summed E-state index contributed by atoms with van der Waals surface area (Å²) in [5.74, 6) is 1.98. The monoisotopic (exact) mass is 451 g/mol. The van der Waals surface area contributed by atoms with E-state index in [1.54, 1.807) is 31.4 Å².